The van der Waals surface area contributed by atoms with Crippen LogP contribution in [0.3, 0.4) is 0 Å². The molecule has 7 nitrogen and oxygen atoms in total. The Morgan fingerprint density at radius 2 is 1.97 bits per heavy atom. The Bertz CT molecular complexity index is 1300. The number of piperidine rings is 1. The lowest BCUT2D eigenvalue weighted by Gasteiger charge is -2.28. The lowest BCUT2D eigenvalue weighted by molar-refractivity contribution is -0.192. The van der Waals surface area contributed by atoms with Gasteiger partial charge in [0, 0.05) is 28.4 Å². The van der Waals surface area contributed by atoms with Crippen molar-refractivity contribution in [1.82, 2.24) is 14.5 Å². The zero-order chi connectivity index (χ0) is 27.2. The number of likely N-dealkylation sites (tertiary alicyclic amines) is 1. The number of amides is 1. The van der Waals surface area contributed by atoms with E-state index in [-0.39, 0.29) is 5.91 Å². The fraction of sp³-hybridized carbons (Fsp3) is 0.269. The molecule has 0 atom stereocenters. The molecule has 4 rings (SSSR count). The molecule has 0 spiro atoms. The van der Waals surface area contributed by atoms with Gasteiger partial charge in [-0.3, -0.25) is 4.79 Å². The van der Waals surface area contributed by atoms with Crippen LogP contribution in [0.2, 0.25) is 0 Å². The number of aryl methyl sites for hydroxylation is 1. The average molecular weight is 627 g/mol. The average Bonchev–Trinajstić information content (AvgIpc) is 3.27. The van der Waals surface area contributed by atoms with E-state index in [4.69, 9.17) is 14.6 Å². The summed E-state index contributed by atoms with van der Waals surface area (Å²) in [4.78, 5) is 28.2. The van der Waals surface area contributed by atoms with E-state index < -0.39 is 12.1 Å². The predicted molar refractivity (Wildman–Crippen MR) is 140 cm³/mol. The summed E-state index contributed by atoms with van der Waals surface area (Å²) in [5.41, 5.74) is 4.85. The molecule has 0 saturated carbocycles. The number of carbonyl (C=O) groups excluding carboxylic acids is 1. The van der Waals surface area contributed by atoms with Crippen molar-refractivity contribution in [3.05, 3.63) is 81.0 Å². The number of aliphatic carboxylic acids is 1. The molecule has 1 fully saturated rings. The maximum Gasteiger partial charge on any atom is 0.490 e. The summed E-state index contributed by atoms with van der Waals surface area (Å²) < 4.78 is 40.5. The monoisotopic (exact) mass is 627 g/mol. The molecule has 1 aliphatic heterocycles. The van der Waals surface area contributed by atoms with Crippen molar-refractivity contribution in [3.63, 3.8) is 0 Å². The van der Waals surface area contributed by atoms with E-state index in [2.05, 4.69) is 45.8 Å². The molecular formula is C26H25F3IN3O4. The third kappa shape index (κ3) is 7.81. The van der Waals surface area contributed by atoms with Gasteiger partial charge in [-0.05, 0) is 83.8 Å². The number of halogens is 4. The normalized spacial score (nSPS) is 14.8. The standard InChI is InChI=1S/C24H24IN3O2.C2HF3O2/c1-17-14-28(16-26-17)22-9-8-18(13-23(22)30-2)11-20-6-4-10-27(24(20)29)15-19-5-3-7-21(25)12-19;3-2(4,5)1(6)7/h3,5,7-9,11-14,16H,4,6,10,15H2,1-2H3;(H,6,7)/b20-11+;. The molecule has 0 unspecified atom stereocenters. The maximum absolute atomic E-state index is 13.1. The molecule has 2 heterocycles. The van der Waals surface area contributed by atoms with Crippen LogP contribution in [-0.4, -0.2) is 51.3 Å². The smallest absolute Gasteiger partial charge is 0.490 e. The maximum atomic E-state index is 13.1. The van der Waals surface area contributed by atoms with E-state index in [1.807, 2.05) is 52.9 Å². The van der Waals surface area contributed by atoms with Crippen LogP contribution >= 0.6 is 22.6 Å². The predicted octanol–water partition coefficient (Wildman–Crippen LogP) is 5.63. The van der Waals surface area contributed by atoms with Crippen LogP contribution in [0.5, 0.6) is 5.75 Å². The van der Waals surface area contributed by atoms with Gasteiger partial charge >= 0.3 is 12.1 Å². The van der Waals surface area contributed by atoms with Crippen molar-refractivity contribution in [2.45, 2.75) is 32.5 Å². The van der Waals surface area contributed by atoms with E-state index in [0.717, 1.165) is 53.2 Å². The van der Waals surface area contributed by atoms with Crippen LogP contribution < -0.4 is 4.74 Å². The third-order valence-corrected chi connectivity index (χ3v) is 6.15. The van der Waals surface area contributed by atoms with Gasteiger partial charge in [-0.2, -0.15) is 13.2 Å². The minimum Gasteiger partial charge on any atom is -0.495 e. The third-order valence-electron chi connectivity index (χ3n) is 5.48. The number of methoxy groups -OCH3 is 1. The molecule has 2 aromatic carbocycles. The van der Waals surface area contributed by atoms with Crippen molar-refractivity contribution in [2.75, 3.05) is 13.7 Å². The Balaban J connectivity index is 0.000000479. The van der Waals surface area contributed by atoms with E-state index in [1.165, 1.54) is 3.57 Å². The van der Waals surface area contributed by atoms with Crippen molar-refractivity contribution < 1.29 is 32.6 Å². The second-order valence-electron chi connectivity index (χ2n) is 8.29. The fourth-order valence-corrected chi connectivity index (χ4v) is 4.37. The Labute approximate surface area is 225 Å². The van der Waals surface area contributed by atoms with Gasteiger partial charge in [-0.1, -0.05) is 18.2 Å². The summed E-state index contributed by atoms with van der Waals surface area (Å²) in [5, 5.41) is 7.12. The Morgan fingerprint density at radius 1 is 1.24 bits per heavy atom. The molecule has 1 aromatic heterocycles. The molecule has 1 amide bonds. The molecule has 1 aliphatic rings. The SMILES string of the molecule is COc1cc(/C=C2\CCCN(Cc3cccc(I)c3)C2=O)ccc1-n1cnc(C)c1.O=C(O)C(F)(F)F. The minimum absolute atomic E-state index is 0.119. The van der Waals surface area contributed by atoms with Crippen LogP contribution in [0.1, 0.15) is 29.7 Å². The zero-order valence-electron chi connectivity index (χ0n) is 20.1. The molecule has 37 heavy (non-hydrogen) atoms. The number of hydrogen-bond donors (Lipinski definition) is 1. The minimum atomic E-state index is -5.08. The Hall–Kier alpha value is -3.35. The topological polar surface area (TPSA) is 84.7 Å². The van der Waals surface area contributed by atoms with Crippen LogP contribution in [0.4, 0.5) is 13.2 Å². The number of imidazole rings is 1. The van der Waals surface area contributed by atoms with Gasteiger partial charge in [0.05, 0.1) is 24.8 Å². The second-order valence-corrected chi connectivity index (χ2v) is 9.53. The number of hydrogen-bond acceptors (Lipinski definition) is 4. The number of aromatic nitrogens is 2. The van der Waals surface area contributed by atoms with E-state index >= 15 is 0 Å². The molecule has 0 radical (unpaired) electrons. The summed E-state index contributed by atoms with van der Waals surface area (Å²) >= 11 is 2.31. The largest absolute Gasteiger partial charge is 0.495 e. The first kappa shape index (κ1) is 28.2. The number of carbonyl (C=O) groups is 2. The van der Waals surface area contributed by atoms with Gasteiger partial charge in [0.2, 0.25) is 5.91 Å². The lowest BCUT2D eigenvalue weighted by Crippen LogP contribution is -2.36. The van der Waals surface area contributed by atoms with Gasteiger partial charge in [-0.25, -0.2) is 9.78 Å². The molecule has 0 bridgehead atoms. The summed E-state index contributed by atoms with van der Waals surface area (Å²) in [7, 11) is 1.66. The molecular weight excluding hydrogens is 602 g/mol. The van der Waals surface area contributed by atoms with Gasteiger partial charge in [0.25, 0.3) is 0 Å². The van der Waals surface area contributed by atoms with Gasteiger partial charge < -0.3 is 19.3 Å². The Morgan fingerprint density at radius 3 is 2.57 bits per heavy atom. The lowest BCUT2D eigenvalue weighted by atomic mass is 10.00. The molecule has 1 N–H and O–H groups in total. The molecule has 196 valence electrons. The molecule has 1 saturated heterocycles. The zero-order valence-corrected chi connectivity index (χ0v) is 22.3. The highest BCUT2D eigenvalue weighted by molar-refractivity contribution is 14.1. The Kier molecular flexibility index (Phi) is 9.35. The van der Waals surface area contributed by atoms with Crippen molar-refractivity contribution >= 4 is 40.5 Å². The first-order chi connectivity index (χ1) is 17.5. The second kappa shape index (κ2) is 12.3. The number of nitrogens with zero attached hydrogens (tertiary/aromatic N) is 3. The summed E-state index contributed by atoms with van der Waals surface area (Å²) in [5.74, 6) is -1.89. The summed E-state index contributed by atoms with van der Waals surface area (Å²) in [6.07, 6.45) is 2.42. The molecule has 0 aliphatic carbocycles. The number of carboxylic acid groups (broad SMARTS) is 1. The van der Waals surface area contributed by atoms with E-state index in [0.29, 0.717) is 6.54 Å². The highest BCUT2D eigenvalue weighted by Crippen LogP contribution is 2.28. The van der Waals surface area contributed by atoms with Crippen molar-refractivity contribution in [1.29, 1.82) is 0 Å². The van der Waals surface area contributed by atoms with Crippen LogP contribution in [0.25, 0.3) is 11.8 Å². The van der Waals surface area contributed by atoms with E-state index in [9.17, 15) is 18.0 Å². The van der Waals surface area contributed by atoms with Crippen LogP contribution in [0, 0.1) is 10.5 Å². The molecule has 11 heteroatoms. The number of rotatable bonds is 5. The van der Waals surface area contributed by atoms with Gasteiger partial charge in [-0.15, -0.1) is 0 Å². The number of alkyl halides is 3. The van der Waals surface area contributed by atoms with Crippen molar-refractivity contribution in [3.8, 4) is 11.4 Å². The highest BCUT2D eigenvalue weighted by Gasteiger charge is 2.38. The van der Waals surface area contributed by atoms with Crippen LogP contribution in [0.15, 0.2) is 60.6 Å². The van der Waals surface area contributed by atoms with Gasteiger partial charge in [0.1, 0.15) is 5.75 Å². The molecule has 3 aromatic rings. The number of ether oxygens (including phenoxy) is 1. The fourth-order valence-electron chi connectivity index (χ4n) is 3.76. The number of carboxylic acids is 1. The highest BCUT2D eigenvalue weighted by atomic mass is 127. The number of benzene rings is 2. The first-order valence-electron chi connectivity index (χ1n) is 11.2. The van der Waals surface area contributed by atoms with Gasteiger partial charge in [0.15, 0.2) is 0 Å². The summed E-state index contributed by atoms with van der Waals surface area (Å²) in [6, 6.07) is 14.3. The van der Waals surface area contributed by atoms with E-state index in [1.54, 1.807) is 13.4 Å². The van der Waals surface area contributed by atoms with Crippen LogP contribution in [-0.2, 0) is 16.1 Å². The first-order valence-corrected chi connectivity index (χ1v) is 12.3. The van der Waals surface area contributed by atoms with Crippen molar-refractivity contribution in [2.24, 2.45) is 0 Å². The quantitative estimate of drug-likeness (QED) is 0.293. The summed E-state index contributed by atoms with van der Waals surface area (Å²) in [6.45, 7) is 3.40.